The Kier molecular flexibility index (Phi) is 5.62. The van der Waals surface area contributed by atoms with Gasteiger partial charge >= 0.3 is 0 Å². The third kappa shape index (κ3) is 4.48. The van der Waals surface area contributed by atoms with Crippen molar-refractivity contribution >= 4 is 11.8 Å². The van der Waals surface area contributed by atoms with E-state index in [4.69, 9.17) is 9.47 Å². The number of ether oxygens (including phenoxy) is 2. The molecule has 0 saturated carbocycles. The van der Waals surface area contributed by atoms with Crippen molar-refractivity contribution in [1.29, 1.82) is 0 Å². The quantitative estimate of drug-likeness (QED) is 0.828. The summed E-state index contributed by atoms with van der Waals surface area (Å²) in [6.45, 7) is 3.52. The largest absolute Gasteiger partial charge is 0.454 e. The summed E-state index contributed by atoms with van der Waals surface area (Å²) in [7, 11) is 0. The van der Waals surface area contributed by atoms with Crippen LogP contribution in [0.4, 0.5) is 4.39 Å². The zero-order chi connectivity index (χ0) is 20.2. The van der Waals surface area contributed by atoms with Crippen LogP contribution in [-0.2, 0) is 11.3 Å². The standard InChI is InChI=1S/C21H22FN3O4/c22-17-4-2-1-3-16(17)21(27)23-12-20(26)25-9-7-24(8-10-25)13-15-5-6-18-19(11-15)29-14-28-18/h1-6,11H,7-10,12-14H2,(H,23,27). The molecule has 1 N–H and O–H groups in total. The van der Waals surface area contributed by atoms with Crippen LogP contribution < -0.4 is 14.8 Å². The summed E-state index contributed by atoms with van der Waals surface area (Å²) in [5, 5.41) is 2.50. The summed E-state index contributed by atoms with van der Waals surface area (Å²) in [5.74, 6) is 0.174. The molecule has 2 aliphatic rings. The molecule has 0 bridgehead atoms. The average molecular weight is 399 g/mol. The second kappa shape index (κ2) is 8.48. The minimum Gasteiger partial charge on any atom is -0.454 e. The molecule has 1 fully saturated rings. The number of nitrogens with zero attached hydrogens (tertiary/aromatic N) is 2. The number of carbonyl (C=O) groups excluding carboxylic acids is 2. The lowest BCUT2D eigenvalue weighted by atomic mass is 10.1. The molecule has 2 aromatic rings. The Hall–Kier alpha value is -3.13. The van der Waals surface area contributed by atoms with Gasteiger partial charge in [-0.3, -0.25) is 14.5 Å². The summed E-state index contributed by atoms with van der Waals surface area (Å²) in [6.07, 6.45) is 0. The van der Waals surface area contributed by atoms with Gasteiger partial charge in [-0.15, -0.1) is 0 Å². The molecule has 0 radical (unpaired) electrons. The number of benzene rings is 2. The number of amides is 2. The maximum atomic E-state index is 13.6. The molecule has 2 amide bonds. The molecule has 0 aliphatic carbocycles. The van der Waals surface area contributed by atoms with Crippen molar-refractivity contribution in [2.45, 2.75) is 6.54 Å². The average Bonchev–Trinajstić information content (AvgIpc) is 3.20. The number of carbonyl (C=O) groups is 2. The molecule has 1 saturated heterocycles. The van der Waals surface area contributed by atoms with Crippen LogP contribution in [0.25, 0.3) is 0 Å². The predicted octanol–water partition coefficient (Wildman–Crippen LogP) is 1.63. The molecule has 8 heteroatoms. The van der Waals surface area contributed by atoms with Gasteiger partial charge in [-0.2, -0.15) is 0 Å². The number of hydrogen-bond acceptors (Lipinski definition) is 5. The first-order valence-electron chi connectivity index (χ1n) is 9.51. The predicted molar refractivity (Wildman–Crippen MR) is 103 cm³/mol. The number of halogens is 1. The molecule has 29 heavy (non-hydrogen) atoms. The highest BCUT2D eigenvalue weighted by Gasteiger charge is 2.22. The summed E-state index contributed by atoms with van der Waals surface area (Å²) >= 11 is 0. The highest BCUT2D eigenvalue weighted by Crippen LogP contribution is 2.32. The van der Waals surface area contributed by atoms with E-state index in [-0.39, 0.29) is 24.8 Å². The smallest absolute Gasteiger partial charge is 0.254 e. The third-order valence-corrected chi connectivity index (χ3v) is 5.09. The molecular weight excluding hydrogens is 377 g/mol. The molecule has 0 spiro atoms. The maximum absolute atomic E-state index is 13.6. The van der Waals surface area contributed by atoms with Crippen molar-refractivity contribution in [3.05, 3.63) is 59.4 Å². The van der Waals surface area contributed by atoms with Gasteiger partial charge in [-0.05, 0) is 29.8 Å². The molecule has 2 aliphatic heterocycles. The number of piperazine rings is 1. The Balaban J connectivity index is 1.23. The molecular formula is C21H22FN3O4. The topological polar surface area (TPSA) is 71.1 Å². The molecule has 0 unspecified atom stereocenters. The normalized spacial score (nSPS) is 16.0. The molecule has 7 nitrogen and oxygen atoms in total. The SMILES string of the molecule is O=C(NCC(=O)N1CCN(Cc2ccc3c(c2)OCO3)CC1)c1ccccc1F. The fourth-order valence-electron chi connectivity index (χ4n) is 3.46. The van der Waals surface area contributed by atoms with Crippen molar-refractivity contribution in [3.63, 3.8) is 0 Å². The van der Waals surface area contributed by atoms with Gasteiger partial charge in [0.05, 0.1) is 12.1 Å². The van der Waals surface area contributed by atoms with Crippen molar-refractivity contribution in [3.8, 4) is 11.5 Å². The van der Waals surface area contributed by atoms with Crippen LogP contribution in [-0.4, -0.2) is 61.1 Å². The van der Waals surface area contributed by atoms with E-state index in [9.17, 15) is 14.0 Å². The molecule has 0 aromatic heterocycles. The van der Waals surface area contributed by atoms with Crippen LogP contribution in [0.15, 0.2) is 42.5 Å². The van der Waals surface area contributed by atoms with Crippen molar-refractivity contribution < 1.29 is 23.5 Å². The lowest BCUT2D eigenvalue weighted by Crippen LogP contribution is -2.50. The Labute approximate surface area is 168 Å². The van der Waals surface area contributed by atoms with Gasteiger partial charge < -0.3 is 19.7 Å². The van der Waals surface area contributed by atoms with Crippen LogP contribution in [0.1, 0.15) is 15.9 Å². The van der Waals surface area contributed by atoms with Crippen molar-refractivity contribution in [1.82, 2.24) is 15.1 Å². The molecule has 4 rings (SSSR count). The van der Waals surface area contributed by atoms with Gasteiger partial charge in [-0.1, -0.05) is 18.2 Å². The number of rotatable bonds is 5. The fourth-order valence-corrected chi connectivity index (χ4v) is 3.46. The van der Waals surface area contributed by atoms with E-state index in [1.807, 2.05) is 18.2 Å². The van der Waals surface area contributed by atoms with Crippen molar-refractivity contribution in [2.75, 3.05) is 39.5 Å². The van der Waals surface area contributed by atoms with Crippen LogP contribution in [0.2, 0.25) is 0 Å². The summed E-state index contributed by atoms with van der Waals surface area (Å²) in [5.41, 5.74) is 1.07. The number of nitrogens with one attached hydrogen (secondary N) is 1. The van der Waals surface area contributed by atoms with E-state index >= 15 is 0 Å². The van der Waals surface area contributed by atoms with Crippen LogP contribution >= 0.6 is 0 Å². The maximum Gasteiger partial charge on any atom is 0.254 e. The van der Waals surface area contributed by atoms with Crippen LogP contribution in [0.3, 0.4) is 0 Å². The third-order valence-electron chi connectivity index (χ3n) is 5.09. The van der Waals surface area contributed by atoms with Gasteiger partial charge in [0, 0.05) is 32.7 Å². The Bertz CT molecular complexity index is 913. The lowest BCUT2D eigenvalue weighted by molar-refractivity contribution is -0.131. The van der Waals surface area contributed by atoms with E-state index in [1.165, 1.54) is 18.2 Å². The highest BCUT2D eigenvalue weighted by molar-refractivity contribution is 5.96. The zero-order valence-corrected chi connectivity index (χ0v) is 15.9. The van der Waals surface area contributed by atoms with E-state index in [2.05, 4.69) is 10.2 Å². The van der Waals surface area contributed by atoms with E-state index < -0.39 is 11.7 Å². The second-order valence-electron chi connectivity index (χ2n) is 7.01. The summed E-state index contributed by atoms with van der Waals surface area (Å²) in [4.78, 5) is 28.4. The summed E-state index contributed by atoms with van der Waals surface area (Å²) < 4.78 is 24.4. The summed E-state index contributed by atoms with van der Waals surface area (Å²) in [6, 6.07) is 11.6. The number of fused-ring (bicyclic) bond motifs is 1. The van der Waals surface area contributed by atoms with Gasteiger partial charge in [0.15, 0.2) is 11.5 Å². The molecule has 0 atom stereocenters. The Morgan fingerprint density at radius 1 is 1.00 bits per heavy atom. The minimum absolute atomic E-state index is 0.0613. The van der Waals surface area contributed by atoms with Gasteiger partial charge in [0.2, 0.25) is 12.7 Å². The van der Waals surface area contributed by atoms with Gasteiger partial charge in [0.1, 0.15) is 5.82 Å². The Morgan fingerprint density at radius 2 is 1.76 bits per heavy atom. The minimum atomic E-state index is -0.602. The van der Waals surface area contributed by atoms with E-state index in [0.717, 1.165) is 36.7 Å². The fraction of sp³-hybridized carbons (Fsp3) is 0.333. The highest BCUT2D eigenvalue weighted by atomic mass is 19.1. The van der Waals surface area contributed by atoms with Gasteiger partial charge in [-0.25, -0.2) is 4.39 Å². The van der Waals surface area contributed by atoms with Crippen molar-refractivity contribution in [2.24, 2.45) is 0 Å². The van der Waals surface area contributed by atoms with E-state index in [1.54, 1.807) is 11.0 Å². The van der Waals surface area contributed by atoms with E-state index in [0.29, 0.717) is 13.1 Å². The monoisotopic (exact) mass is 399 g/mol. The van der Waals surface area contributed by atoms with Crippen LogP contribution in [0.5, 0.6) is 11.5 Å². The molecule has 152 valence electrons. The molecule has 2 heterocycles. The number of hydrogen-bond donors (Lipinski definition) is 1. The Morgan fingerprint density at radius 3 is 2.55 bits per heavy atom. The second-order valence-corrected chi connectivity index (χ2v) is 7.01. The zero-order valence-electron chi connectivity index (χ0n) is 15.9. The van der Waals surface area contributed by atoms with Crippen LogP contribution in [0, 0.1) is 5.82 Å². The lowest BCUT2D eigenvalue weighted by Gasteiger charge is -2.34. The van der Waals surface area contributed by atoms with Gasteiger partial charge in [0.25, 0.3) is 5.91 Å². The first-order chi connectivity index (χ1) is 14.1. The first-order valence-corrected chi connectivity index (χ1v) is 9.51. The molecule has 2 aromatic carbocycles. The first kappa shape index (κ1) is 19.2.